The van der Waals surface area contributed by atoms with Crippen LogP contribution in [0.25, 0.3) is 0 Å². The maximum atomic E-state index is 13.0. The number of aryl methyl sites for hydroxylation is 1. The van der Waals surface area contributed by atoms with E-state index in [4.69, 9.17) is 10.8 Å². The van der Waals surface area contributed by atoms with E-state index in [1.165, 1.54) is 32.9 Å². The van der Waals surface area contributed by atoms with Crippen molar-refractivity contribution in [1.29, 1.82) is 0 Å². The molecule has 5 N–H and O–H groups in total. The molecule has 0 saturated carbocycles. The van der Waals surface area contributed by atoms with Crippen LogP contribution < -0.4 is 5.73 Å². The molecule has 1 aliphatic carbocycles. The number of carboxylic acids is 1. The average molecular weight is 401 g/mol. The first-order chi connectivity index (χ1) is 13.4. The second kappa shape index (κ2) is 8.00. The molecular formula is C21H23NO7. The maximum absolute atomic E-state index is 13.0. The van der Waals surface area contributed by atoms with Crippen LogP contribution in [0, 0.1) is 18.8 Å². The van der Waals surface area contributed by atoms with Crippen LogP contribution in [0.1, 0.15) is 57.4 Å². The molecule has 1 aromatic rings. The summed E-state index contributed by atoms with van der Waals surface area (Å²) in [7, 11) is 0. The Kier molecular flexibility index (Phi) is 6.08. The number of carbonyl (C=O) groups excluding carboxylic acids is 3. The summed E-state index contributed by atoms with van der Waals surface area (Å²) in [6.45, 7) is 5.80. The smallest absolute Gasteiger partial charge is 0.308 e. The highest BCUT2D eigenvalue weighted by atomic mass is 16.4. The Morgan fingerprint density at radius 3 is 2.34 bits per heavy atom. The molecule has 0 radical (unpaired) electrons. The van der Waals surface area contributed by atoms with Crippen LogP contribution >= 0.6 is 0 Å². The number of aliphatic hydroxyl groups is 1. The summed E-state index contributed by atoms with van der Waals surface area (Å²) < 4.78 is 0. The van der Waals surface area contributed by atoms with Gasteiger partial charge in [0.05, 0.1) is 23.3 Å². The second-order valence-electron chi connectivity index (χ2n) is 7.29. The van der Waals surface area contributed by atoms with E-state index in [-0.39, 0.29) is 33.5 Å². The predicted molar refractivity (Wildman–Crippen MR) is 104 cm³/mol. The molecule has 0 spiro atoms. The third-order valence-corrected chi connectivity index (χ3v) is 5.07. The molecule has 154 valence electrons. The Balaban J connectivity index is 2.55. The molecule has 8 nitrogen and oxygen atoms in total. The minimum atomic E-state index is -1.25. The molecule has 3 atom stereocenters. The summed E-state index contributed by atoms with van der Waals surface area (Å²) in [6.07, 6.45) is 1.04. The van der Waals surface area contributed by atoms with E-state index in [9.17, 15) is 29.4 Å². The highest BCUT2D eigenvalue weighted by Crippen LogP contribution is 2.34. The summed E-state index contributed by atoms with van der Waals surface area (Å²) in [5.74, 6) is -5.35. The Morgan fingerprint density at radius 1 is 1.21 bits per heavy atom. The van der Waals surface area contributed by atoms with Gasteiger partial charge in [-0.1, -0.05) is 13.0 Å². The third kappa shape index (κ3) is 3.97. The number of carboxylic acid groups (broad SMARTS) is 1. The lowest BCUT2D eigenvalue weighted by atomic mass is 9.83. The van der Waals surface area contributed by atoms with Gasteiger partial charge in [0.2, 0.25) is 5.78 Å². The molecule has 2 rings (SSSR count). The van der Waals surface area contributed by atoms with Crippen LogP contribution in [0.5, 0.6) is 5.75 Å². The number of allylic oxidation sites excluding steroid dienone is 3. The van der Waals surface area contributed by atoms with Crippen molar-refractivity contribution in [1.82, 2.24) is 0 Å². The lowest BCUT2D eigenvalue weighted by Gasteiger charge is -2.21. The van der Waals surface area contributed by atoms with E-state index in [1.54, 1.807) is 6.92 Å². The van der Waals surface area contributed by atoms with E-state index in [0.29, 0.717) is 0 Å². The predicted octanol–water partition coefficient (Wildman–Crippen LogP) is 1.77. The number of fused-ring (bicyclic) bond motifs is 1. The molecule has 1 aliphatic rings. The molecule has 0 saturated heterocycles. The van der Waals surface area contributed by atoms with Crippen molar-refractivity contribution in [3.8, 4) is 5.75 Å². The largest absolute Gasteiger partial charge is 0.507 e. The zero-order valence-corrected chi connectivity index (χ0v) is 16.5. The average Bonchev–Trinajstić information content (AvgIpc) is 2.65. The van der Waals surface area contributed by atoms with Crippen molar-refractivity contribution >= 4 is 23.3 Å². The second-order valence-corrected chi connectivity index (χ2v) is 7.29. The number of carbonyl (C=O) groups is 4. The Morgan fingerprint density at radius 2 is 1.79 bits per heavy atom. The number of hydrogen-bond donors (Lipinski definition) is 4. The van der Waals surface area contributed by atoms with Gasteiger partial charge in [0.1, 0.15) is 5.75 Å². The van der Waals surface area contributed by atoms with Crippen LogP contribution in [-0.2, 0) is 4.79 Å². The van der Waals surface area contributed by atoms with E-state index < -0.39 is 47.0 Å². The molecule has 0 aromatic heterocycles. The molecule has 0 amide bonds. The zero-order valence-electron chi connectivity index (χ0n) is 16.5. The first-order valence-electron chi connectivity index (χ1n) is 8.95. The van der Waals surface area contributed by atoms with Gasteiger partial charge in [-0.05, 0) is 38.0 Å². The SMILES string of the molecule is CC(=CC(C)C(O)C(C)C(=O)O)C(=O)c1c(O)c(C)cc2c1C(=O)C=C(N)C2=O. The number of hydrogen-bond acceptors (Lipinski definition) is 7. The van der Waals surface area contributed by atoms with Crippen molar-refractivity contribution in [3.05, 3.63) is 51.7 Å². The minimum absolute atomic E-state index is 0.0611. The highest BCUT2D eigenvalue weighted by Gasteiger charge is 2.33. The lowest BCUT2D eigenvalue weighted by molar-refractivity contribution is -0.145. The number of aliphatic carboxylic acids is 1. The highest BCUT2D eigenvalue weighted by molar-refractivity contribution is 6.29. The Bertz CT molecular complexity index is 987. The van der Waals surface area contributed by atoms with Gasteiger partial charge in [-0.25, -0.2) is 0 Å². The fourth-order valence-electron chi connectivity index (χ4n) is 3.27. The third-order valence-electron chi connectivity index (χ3n) is 5.07. The lowest BCUT2D eigenvalue weighted by Crippen LogP contribution is -2.30. The summed E-state index contributed by atoms with van der Waals surface area (Å²) >= 11 is 0. The normalized spacial score (nSPS) is 17.3. The van der Waals surface area contributed by atoms with Crippen molar-refractivity contribution in [2.75, 3.05) is 0 Å². The van der Waals surface area contributed by atoms with Gasteiger partial charge in [0.25, 0.3) is 0 Å². The minimum Gasteiger partial charge on any atom is -0.507 e. The summed E-state index contributed by atoms with van der Waals surface area (Å²) in [5.41, 5.74) is 5.02. The van der Waals surface area contributed by atoms with Crippen LogP contribution in [0.15, 0.2) is 29.5 Å². The molecule has 0 heterocycles. The fraction of sp³-hybridized carbons (Fsp3) is 0.333. The molecule has 8 heteroatoms. The van der Waals surface area contributed by atoms with E-state index in [1.807, 2.05) is 0 Å². The zero-order chi connectivity index (χ0) is 22.2. The number of phenols is 1. The monoisotopic (exact) mass is 401 g/mol. The first-order valence-corrected chi connectivity index (χ1v) is 8.95. The number of phenolic OH excluding ortho intramolecular Hbond substituents is 1. The van der Waals surface area contributed by atoms with E-state index in [0.717, 1.165) is 6.08 Å². The summed E-state index contributed by atoms with van der Waals surface area (Å²) in [5, 5.41) is 29.6. The van der Waals surface area contributed by atoms with Crippen LogP contribution in [0.2, 0.25) is 0 Å². The number of aliphatic hydroxyl groups excluding tert-OH is 1. The van der Waals surface area contributed by atoms with Crippen molar-refractivity contribution in [2.24, 2.45) is 17.6 Å². The van der Waals surface area contributed by atoms with Crippen molar-refractivity contribution < 1.29 is 34.5 Å². The molecule has 0 fully saturated rings. The van der Waals surface area contributed by atoms with Crippen LogP contribution in [-0.4, -0.2) is 44.7 Å². The maximum Gasteiger partial charge on any atom is 0.308 e. The fourth-order valence-corrected chi connectivity index (χ4v) is 3.27. The number of ketones is 3. The van der Waals surface area contributed by atoms with E-state index >= 15 is 0 Å². The van der Waals surface area contributed by atoms with E-state index in [2.05, 4.69) is 0 Å². The summed E-state index contributed by atoms with van der Waals surface area (Å²) in [6, 6.07) is 1.31. The topological polar surface area (TPSA) is 155 Å². The molecular weight excluding hydrogens is 378 g/mol. The molecule has 0 aliphatic heterocycles. The quantitative estimate of drug-likeness (QED) is 0.415. The van der Waals surface area contributed by atoms with Gasteiger partial charge >= 0.3 is 5.97 Å². The molecule has 0 bridgehead atoms. The Hall–Kier alpha value is -3.26. The van der Waals surface area contributed by atoms with Gasteiger partial charge in [0.15, 0.2) is 11.6 Å². The first kappa shape index (κ1) is 22.0. The van der Waals surface area contributed by atoms with Crippen molar-refractivity contribution in [2.45, 2.75) is 33.8 Å². The van der Waals surface area contributed by atoms with Crippen LogP contribution in [0.4, 0.5) is 0 Å². The Labute approximate surface area is 167 Å². The number of benzene rings is 1. The summed E-state index contributed by atoms with van der Waals surface area (Å²) in [4.78, 5) is 48.9. The number of Topliss-reactive ketones (excluding diaryl/α,β-unsaturated/α-hetero) is 2. The van der Waals surface area contributed by atoms with Crippen molar-refractivity contribution in [3.63, 3.8) is 0 Å². The molecule has 29 heavy (non-hydrogen) atoms. The van der Waals surface area contributed by atoms with Gasteiger partial charge in [-0.15, -0.1) is 0 Å². The van der Waals surface area contributed by atoms with Gasteiger partial charge in [-0.2, -0.15) is 0 Å². The number of nitrogens with two attached hydrogens (primary N) is 1. The van der Waals surface area contributed by atoms with Gasteiger partial charge in [-0.3, -0.25) is 19.2 Å². The van der Waals surface area contributed by atoms with Gasteiger partial charge in [0, 0.05) is 23.1 Å². The van der Waals surface area contributed by atoms with Gasteiger partial charge < -0.3 is 21.1 Å². The molecule has 1 aromatic carbocycles. The number of rotatable bonds is 6. The molecule has 3 unspecified atom stereocenters. The van der Waals surface area contributed by atoms with Crippen LogP contribution in [0.3, 0.4) is 0 Å². The number of aromatic hydroxyl groups is 1. The standard InChI is InChI=1S/C21H23NO7/c1-8(17(24)11(4)21(28)29)5-9(2)18(25)16-15-12(6-10(3)19(16)26)20(27)13(22)7-14(15)23/h5-8,11,17,24,26H,22H2,1-4H3,(H,28,29).